The van der Waals surface area contributed by atoms with Gasteiger partial charge in [-0.05, 0) is 99.7 Å². The predicted octanol–water partition coefficient (Wildman–Crippen LogP) is 17.4. The Hall–Kier alpha value is -6.91. The first kappa shape index (κ1) is 38.3. The quantitative estimate of drug-likeness (QED) is 0.0890. The molecule has 0 atom stereocenters. The van der Waals surface area contributed by atoms with Gasteiger partial charge in [-0.1, -0.05) is 203 Å². The van der Waals surface area contributed by atoms with Gasteiger partial charge >= 0.3 is 0 Å². The van der Waals surface area contributed by atoms with Crippen LogP contribution in [0.25, 0.3) is 108 Å². The first-order valence-electron chi connectivity index (χ1n) is 20.1. The number of nitrogen functional groups attached to an aromatic ring is 1. The van der Waals surface area contributed by atoms with Crippen LogP contribution in [0.1, 0.15) is 0 Å². The summed E-state index contributed by atoms with van der Waals surface area (Å²) in [6.45, 7) is 0. The summed E-state index contributed by atoms with van der Waals surface area (Å²) in [5.41, 5.74) is 8.44. The van der Waals surface area contributed by atoms with Gasteiger partial charge < -0.3 is 18.1 Å². The lowest BCUT2D eigenvalue weighted by Gasteiger charge is -2.14. The number of para-hydroxylation sites is 2. The highest BCUT2D eigenvalue weighted by Crippen LogP contribution is 2.46. The highest BCUT2D eigenvalue weighted by Gasteiger charge is 2.18. The van der Waals surface area contributed by atoms with Gasteiger partial charge in [-0.2, -0.15) is 0 Å². The lowest BCUT2D eigenvalue weighted by Crippen LogP contribution is -1.87. The molecule has 0 amide bonds. The molecule has 4 heteroatoms. The van der Waals surface area contributed by atoms with Crippen molar-refractivity contribution in [1.82, 2.24) is 4.98 Å². The maximum absolute atomic E-state index is 5.58. The van der Waals surface area contributed by atoms with E-state index in [0.29, 0.717) is 10.7 Å². The van der Waals surface area contributed by atoms with Crippen molar-refractivity contribution in [3.8, 4) is 0 Å². The molecule has 0 aliphatic heterocycles. The van der Waals surface area contributed by atoms with Gasteiger partial charge in [-0.25, -0.2) is 0 Å². The van der Waals surface area contributed by atoms with Gasteiger partial charge in [0.1, 0.15) is 0 Å². The predicted molar refractivity (Wildman–Crippen MR) is 272 cm³/mol. The van der Waals surface area contributed by atoms with E-state index in [9.17, 15) is 0 Å². The van der Waals surface area contributed by atoms with E-state index in [0.717, 1.165) is 4.47 Å². The maximum Gasteiger partial charge on any atom is 0.0635 e. The van der Waals surface area contributed by atoms with E-state index in [4.69, 9.17) is 17.3 Å². The van der Waals surface area contributed by atoms with Crippen molar-refractivity contribution >= 4 is 141 Å². The number of aromatic nitrogens is 1. The average molecular weight is 867 g/mol. The van der Waals surface area contributed by atoms with Gasteiger partial charge in [0, 0.05) is 31.5 Å². The highest BCUT2D eigenvalue weighted by atomic mass is 79.9. The molecule has 13 aromatic rings. The zero-order valence-electron chi connectivity index (χ0n) is 33.4. The second kappa shape index (κ2) is 15.6. The average Bonchev–Trinajstić information content (AvgIpc) is 3.70. The van der Waals surface area contributed by atoms with E-state index in [2.05, 4.69) is 197 Å². The second-order valence-electron chi connectivity index (χ2n) is 15.2. The fourth-order valence-corrected chi connectivity index (χ4v) is 10.1. The Morgan fingerprint density at radius 2 is 0.705 bits per heavy atom. The van der Waals surface area contributed by atoms with Crippen molar-refractivity contribution in [3.63, 3.8) is 0 Å². The molecular formula is C57H39BrClN2-. The number of hydrogen-bond donors (Lipinski definition) is 2. The molecule has 0 fully saturated rings. The zero-order chi connectivity index (χ0) is 40.3. The first-order valence-corrected chi connectivity index (χ1v) is 21.3. The number of benzene rings is 12. The number of anilines is 1. The summed E-state index contributed by atoms with van der Waals surface area (Å²) in [4.78, 5) is 3.73. The normalized spacial score (nSPS) is 11.4. The van der Waals surface area contributed by atoms with Gasteiger partial charge in [-0.3, -0.25) is 0 Å². The first-order chi connectivity index (χ1) is 29.6. The molecule has 0 aliphatic rings. The summed E-state index contributed by atoms with van der Waals surface area (Å²) in [6.07, 6.45) is 0. The van der Waals surface area contributed by atoms with Crippen LogP contribution in [0.3, 0.4) is 0 Å². The summed E-state index contributed by atoms with van der Waals surface area (Å²) in [5, 5.41) is 24.3. The van der Waals surface area contributed by atoms with Crippen LogP contribution in [0.2, 0.25) is 5.02 Å². The van der Waals surface area contributed by atoms with Gasteiger partial charge in [0.2, 0.25) is 0 Å². The van der Waals surface area contributed by atoms with Gasteiger partial charge in [0.25, 0.3) is 0 Å². The Morgan fingerprint density at radius 3 is 1.23 bits per heavy atom. The van der Waals surface area contributed by atoms with Crippen LogP contribution in [0.4, 0.5) is 5.69 Å². The van der Waals surface area contributed by atoms with Gasteiger partial charge in [-0.15, -0.1) is 0 Å². The number of rotatable bonds is 0. The number of H-pyrrole nitrogens is 1. The van der Waals surface area contributed by atoms with Crippen molar-refractivity contribution in [2.24, 2.45) is 0 Å². The molecule has 2 nitrogen and oxygen atoms in total. The molecular weight excluding hydrogens is 828 g/mol. The lowest BCUT2D eigenvalue weighted by molar-refractivity contribution is 1.57. The number of nitrogens with two attached hydrogens (primary N) is 1. The Morgan fingerprint density at radius 1 is 0.344 bits per heavy atom. The molecule has 1 aromatic heterocycles. The van der Waals surface area contributed by atoms with Crippen molar-refractivity contribution in [3.05, 3.63) is 217 Å². The van der Waals surface area contributed by atoms with E-state index in [-0.39, 0.29) is 7.43 Å². The standard InChI is InChI=1S/C28H17N.C22H13Br.C6H6ClN.CH3/c1-3-11-19-17(9-1)18-10-2-4-12-20(18)26-25(19)21-13-5-6-14-22(21)28-27(26)23-15-7-8-16-24(23)29-28;23-21-13-20-16-9-2-1-7-14(16)15-8-3-5-11-18(15)22(20)19-12-6-4-10-17(19)21;7-5-3-1-2-4-6(5)8;/h1-16,29H;1-13H;1-4H,8H2;1H3/q;;;-1. The SMILES string of the molecule is Brc1cc2c3ccccc3c3ccccc3c2c2ccccc12.Nc1ccccc1Cl.[CH3-].c1ccc2c(c1)[nH]c1c3ccccc3c3c4ccccc4c4ccccc4c3c21. The molecule has 13 rings (SSSR count). The second-order valence-corrected chi connectivity index (χ2v) is 16.5. The van der Waals surface area contributed by atoms with Crippen LogP contribution >= 0.6 is 27.5 Å². The molecule has 61 heavy (non-hydrogen) atoms. The van der Waals surface area contributed by atoms with Crippen molar-refractivity contribution < 1.29 is 0 Å². The minimum absolute atomic E-state index is 0. The Kier molecular flexibility index (Phi) is 9.80. The fraction of sp³-hybridized carbons (Fsp3) is 0. The van der Waals surface area contributed by atoms with Gasteiger partial charge in [0.05, 0.1) is 16.2 Å². The van der Waals surface area contributed by atoms with Crippen LogP contribution in [-0.4, -0.2) is 4.98 Å². The van der Waals surface area contributed by atoms with E-state index in [1.807, 2.05) is 12.1 Å². The van der Waals surface area contributed by atoms with E-state index >= 15 is 0 Å². The molecule has 0 radical (unpaired) electrons. The van der Waals surface area contributed by atoms with Crippen LogP contribution in [0.15, 0.2) is 205 Å². The summed E-state index contributed by atoms with van der Waals surface area (Å²) in [6, 6.07) is 70.7. The molecule has 3 N–H and O–H groups in total. The van der Waals surface area contributed by atoms with Crippen LogP contribution in [0, 0.1) is 7.43 Å². The van der Waals surface area contributed by atoms with E-state index in [1.165, 1.54) is 108 Å². The minimum Gasteiger partial charge on any atom is -0.398 e. The molecule has 0 saturated carbocycles. The van der Waals surface area contributed by atoms with E-state index in [1.54, 1.807) is 12.1 Å². The molecule has 0 aliphatic carbocycles. The van der Waals surface area contributed by atoms with Crippen LogP contribution in [-0.2, 0) is 0 Å². The largest absolute Gasteiger partial charge is 0.398 e. The molecule has 1 heterocycles. The van der Waals surface area contributed by atoms with Crippen LogP contribution < -0.4 is 5.73 Å². The van der Waals surface area contributed by atoms with Crippen molar-refractivity contribution in [1.29, 1.82) is 0 Å². The van der Waals surface area contributed by atoms with Crippen molar-refractivity contribution in [2.75, 3.05) is 5.73 Å². The summed E-state index contributed by atoms with van der Waals surface area (Å²) in [5.74, 6) is 0. The summed E-state index contributed by atoms with van der Waals surface area (Å²) < 4.78 is 1.15. The third kappa shape index (κ3) is 6.23. The molecule has 0 unspecified atom stereocenters. The topological polar surface area (TPSA) is 41.8 Å². The smallest absolute Gasteiger partial charge is 0.0635 e. The summed E-state index contributed by atoms with van der Waals surface area (Å²) >= 11 is 9.35. The fourth-order valence-electron chi connectivity index (χ4n) is 9.40. The number of nitrogens with one attached hydrogen (secondary N) is 1. The Labute approximate surface area is 366 Å². The molecule has 0 bridgehead atoms. The minimum atomic E-state index is 0. The number of fused-ring (bicyclic) bond motifs is 21. The Balaban J connectivity index is 0.000000124. The number of halogens is 2. The number of hydrogen-bond acceptors (Lipinski definition) is 1. The molecule has 0 spiro atoms. The monoisotopic (exact) mass is 865 g/mol. The maximum atomic E-state index is 5.58. The summed E-state index contributed by atoms with van der Waals surface area (Å²) in [7, 11) is 0. The van der Waals surface area contributed by atoms with Crippen LogP contribution in [0.5, 0.6) is 0 Å². The Bertz CT molecular complexity index is 3810. The lowest BCUT2D eigenvalue weighted by atomic mass is 9.88. The third-order valence-electron chi connectivity index (χ3n) is 12.0. The third-order valence-corrected chi connectivity index (χ3v) is 13.0. The van der Waals surface area contributed by atoms with Crippen molar-refractivity contribution in [2.45, 2.75) is 0 Å². The van der Waals surface area contributed by atoms with Gasteiger partial charge in [0.15, 0.2) is 0 Å². The molecule has 0 saturated heterocycles. The highest BCUT2D eigenvalue weighted by molar-refractivity contribution is 9.10. The zero-order valence-corrected chi connectivity index (χ0v) is 35.7. The molecule has 12 aromatic carbocycles. The number of aromatic amines is 1. The molecule has 292 valence electrons. The van der Waals surface area contributed by atoms with E-state index < -0.39 is 0 Å².